The van der Waals surface area contributed by atoms with Crippen LogP contribution in [0.15, 0.2) is 28.8 Å². The molecule has 1 aromatic carbocycles. The number of benzene rings is 1. The Morgan fingerprint density at radius 3 is 2.62 bits per heavy atom. The number of nitrogens with zero attached hydrogens (tertiary/aromatic N) is 2. The molecule has 0 spiro atoms. The molecule has 0 radical (unpaired) electrons. The molecule has 1 heterocycles. The number of rotatable bonds is 5. The SMILES string of the molecule is OCCNc1ccc(-c2nc(C3CCCCC3)no2)cc1. The minimum atomic E-state index is 0.121. The van der Waals surface area contributed by atoms with Gasteiger partial charge in [-0.25, -0.2) is 0 Å². The molecule has 0 unspecified atom stereocenters. The lowest BCUT2D eigenvalue weighted by Crippen LogP contribution is -2.06. The van der Waals surface area contributed by atoms with E-state index in [1.54, 1.807) is 0 Å². The van der Waals surface area contributed by atoms with Crippen molar-refractivity contribution in [2.24, 2.45) is 0 Å². The van der Waals surface area contributed by atoms with E-state index in [1.807, 2.05) is 24.3 Å². The van der Waals surface area contributed by atoms with Crippen molar-refractivity contribution >= 4 is 5.69 Å². The van der Waals surface area contributed by atoms with Gasteiger partial charge in [0.05, 0.1) is 6.61 Å². The van der Waals surface area contributed by atoms with Crippen LogP contribution < -0.4 is 5.32 Å². The summed E-state index contributed by atoms with van der Waals surface area (Å²) < 4.78 is 5.40. The third-order valence-electron chi connectivity index (χ3n) is 3.98. The van der Waals surface area contributed by atoms with E-state index in [0.717, 1.165) is 17.1 Å². The molecule has 21 heavy (non-hydrogen) atoms. The van der Waals surface area contributed by atoms with Gasteiger partial charge in [-0.1, -0.05) is 24.4 Å². The number of anilines is 1. The monoisotopic (exact) mass is 287 g/mol. The fourth-order valence-corrected chi connectivity index (χ4v) is 2.81. The van der Waals surface area contributed by atoms with Crippen molar-refractivity contribution in [2.45, 2.75) is 38.0 Å². The summed E-state index contributed by atoms with van der Waals surface area (Å²) in [4.78, 5) is 4.56. The first kappa shape index (κ1) is 14.1. The van der Waals surface area contributed by atoms with Gasteiger partial charge in [0, 0.05) is 23.7 Å². The largest absolute Gasteiger partial charge is 0.395 e. The molecule has 2 N–H and O–H groups in total. The highest BCUT2D eigenvalue weighted by Gasteiger charge is 2.21. The Kier molecular flexibility index (Phi) is 4.50. The summed E-state index contributed by atoms with van der Waals surface area (Å²) in [5.74, 6) is 1.90. The van der Waals surface area contributed by atoms with E-state index in [4.69, 9.17) is 9.63 Å². The van der Waals surface area contributed by atoms with E-state index in [1.165, 1.54) is 32.1 Å². The second kappa shape index (κ2) is 6.72. The molecule has 3 rings (SSSR count). The summed E-state index contributed by atoms with van der Waals surface area (Å²) in [5, 5.41) is 16.1. The van der Waals surface area contributed by atoms with Crippen LogP contribution in [0.3, 0.4) is 0 Å². The molecular formula is C16H21N3O2. The number of hydrogen-bond donors (Lipinski definition) is 2. The van der Waals surface area contributed by atoms with Gasteiger partial charge in [0.2, 0.25) is 0 Å². The van der Waals surface area contributed by atoms with E-state index in [9.17, 15) is 0 Å². The highest BCUT2D eigenvalue weighted by Crippen LogP contribution is 2.32. The van der Waals surface area contributed by atoms with Gasteiger partial charge < -0.3 is 14.9 Å². The Morgan fingerprint density at radius 2 is 1.90 bits per heavy atom. The molecule has 2 aromatic rings. The van der Waals surface area contributed by atoms with Crippen molar-refractivity contribution in [1.29, 1.82) is 0 Å². The van der Waals surface area contributed by atoms with Crippen LogP contribution in [0.4, 0.5) is 5.69 Å². The zero-order valence-corrected chi connectivity index (χ0v) is 12.1. The molecule has 1 fully saturated rings. The van der Waals surface area contributed by atoms with Gasteiger partial charge in [-0.05, 0) is 37.1 Å². The van der Waals surface area contributed by atoms with Crippen LogP contribution in [-0.4, -0.2) is 28.4 Å². The average molecular weight is 287 g/mol. The van der Waals surface area contributed by atoms with E-state index >= 15 is 0 Å². The van der Waals surface area contributed by atoms with Gasteiger partial charge in [-0.3, -0.25) is 0 Å². The first-order valence-corrected chi connectivity index (χ1v) is 7.65. The molecule has 0 bridgehead atoms. The standard InChI is InChI=1S/C16H21N3O2/c20-11-10-17-14-8-6-13(7-9-14)16-18-15(19-21-16)12-4-2-1-3-5-12/h6-9,12,17,20H,1-5,10-11H2. The van der Waals surface area contributed by atoms with Gasteiger partial charge in [0.1, 0.15) is 0 Å². The quantitative estimate of drug-likeness (QED) is 0.883. The van der Waals surface area contributed by atoms with Crippen LogP contribution in [0.1, 0.15) is 43.8 Å². The van der Waals surface area contributed by atoms with E-state index in [2.05, 4.69) is 15.5 Å². The molecule has 5 nitrogen and oxygen atoms in total. The van der Waals surface area contributed by atoms with Crippen LogP contribution in [0.2, 0.25) is 0 Å². The third-order valence-corrected chi connectivity index (χ3v) is 3.98. The summed E-state index contributed by atoms with van der Waals surface area (Å²) in [7, 11) is 0. The smallest absolute Gasteiger partial charge is 0.257 e. The summed E-state index contributed by atoms with van der Waals surface area (Å²) in [5.41, 5.74) is 1.90. The third kappa shape index (κ3) is 3.42. The Balaban J connectivity index is 1.70. The Hall–Kier alpha value is -1.88. The molecule has 0 atom stereocenters. The Labute approximate surface area is 124 Å². The van der Waals surface area contributed by atoms with Gasteiger partial charge in [0.15, 0.2) is 5.82 Å². The number of aliphatic hydroxyl groups excluding tert-OH is 1. The molecule has 112 valence electrons. The highest BCUT2D eigenvalue weighted by molar-refractivity contribution is 5.58. The lowest BCUT2D eigenvalue weighted by Gasteiger charge is -2.17. The molecule has 1 aliphatic carbocycles. The number of aromatic nitrogens is 2. The van der Waals surface area contributed by atoms with E-state index < -0.39 is 0 Å². The maximum atomic E-state index is 8.79. The second-order valence-corrected chi connectivity index (χ2v) is 5.52. The van der Waals surface area contributed by atoms with Gasteiger partial charge in [0.25, 0.3) is 5.89 Å². The maximum Gasteiger partial charge on any atom is 0.257 e. The Morgan fingerprint density at radius 1 is 1.14 bits per heavy atom. The maximum absolute atomic E-state index is 8.79. The first-order valence-electron chi connectivity index (χ1n) is 7.65. The lowest BCUT2D eigenvalue weighted by molar-refractivity contribution is 0.311. The van der Waals surface area contributed by atoms with Gasteiger partial charge in [-0.2, -0.15) is 4.98 Å². The minimum Gasteiger partial charge on any atom is -0.395 e. The molecule has 1 aromatic heterocycles. The normalized spacial score (nSPS) is 16.0. The van der Waals surface area contributed by atoms with Crippen LogP contribution in [0.25, 0.3) is 11.5 Å². The fourth-order valence-electron chi connectivity index (χ4n) is 2.81. The topological polar surface area (TPSA) is 71.2 Å². The molecule has 1 saturated carbocycles. The molecule has 1 aliphatic rings. The van der Waals surface area contributed by atoms with Crippen molar-refractivity contribution in [2.75, 3.05) is 18.5 Å². The second-order valence-electron chi connectivity index (χ2n) is 5.52. The van der Waals surface area contributed by atoms with Crippen molar-refractivity contribution in [3.05, 3.63) is 30.1 Å². The first-order chi connectivity index (χ1) is 10.4. The fraction of sp³-hybridized carbons (Fsp3) is 0.500. The highest BCUT2D eigenvalue weighted by atomic mass is 16.5. The molecule has 0 saturated heterocycles. The van der Waals surface area contributed by atoms with Crippen molar-refractivity contribution in [3.8, 4) is 11.5 Å². The van der Waals surface area contributed by atoms with Crippen LogP contribution in [0, 0.1) is 0 Å². The zero-order valence-electron chi connectivity index (χ0n) is 12.1. The predicted octanol–water partition coefficient (Wildman–Crippen LogP) is 3.19. The zero-order chi connectivity index (χ0) is 14.5. The molecular weight excluding hydrogens is 266 g/mol. The summed E-state index contributed by atoms with van der Waals surface area (Å²) in [6.07, 6.45) is 6.19. The van der Waals surface area contributed by atoms with Gasteiger partial charge in [-0.15, -0.1) is 0 Å². The average Bonchev–Trinajstić information content (AvgIpc) is 3.04. The minimum absolute atomic E-state index is 0.121. The van der Waals surface area contributed by atoms with Crippen LogP contribution >= 0.6 is 0 Å². The molecule has 0 aliphatic heterocycles. The van der Waals surface area contributed by atoms with E-state index in [-0.39, 0.29) is 6.61 Å². The van der Waals surface area contributed by atoms with Crippen molar-refractivity contribution in [1.82, 2.24) is 10.1 Å². The molecule has 0 amide bonds. The summed E-state index contributed by atoms with van der Waals surface area (Å²) >= 11 is 0. The van der Waals surface area contributed by atoms with Gasteiger partial charge >= 0.3 is 0 Å². The van der Waals surface area contributed by atoms with Crippen LogP contribution in [0.5, 0.6) is 0 Å². The van der Waals surface area contributed by atoms with Crippen LogP contribution in [-0.2, 0) is 0 Å². The summed E-state index contributed by atoms with van der Waals surface area (Å²) in [6.45, 7) is 0.669. The summed E-state index contributed by atoms with van der Waals surface area (Å²) in [6, 6.07) is 7.82. The number of aliphatic hydroxyl groups is 1. The number of nitrogens with one attached hydrogen (secondary N) is 1. The molecule has 5 heteroatoms. The Bertz CT molecular complexity index is 559. The van der Waals surface area contributed by atoms with Crippen molar-refractivity contribution in [3.63, 3.8) is 0 Å². The predicted molar refractivity (Wildman–Crippen MR) is 81.1 cm³/mol. The lowest BCUT2D eigenvalue weighted by atomic mass is 9.89. The number of hydrogen-bond acceptors (Lipinski definition) is 5. The van der Waals surface area contributed by atoms with Crippen molar-refractivity contribution < 1.29 is 9.63 Å². The van der Waals surface area contributed by atoms with E-state index in [0.29, 0.717) is 18.4 Å².